The highest BCUT2D eigenvalue weighted by molar-refractivity contribution is 8.03. The number of ether oxygens (including phenoxy) is 2. The molecule has 3 rings (SSSR count). The molecule has 0 saturated carbocycles. The maximum absolute atomic E-state index is 13.2. The van der Waals surface area contributed by atoms with Crippen molar-refractivity contribution in [1.29, 1.82) is 5.26 Å². The largest absolute Gasteiger partial charge is 0.493 e. The molecule has 0 radical (unpaired) electrons. The number of carbonyl (C=O) groups excluding carboxylic acids is 2. The molecule has 34 heavy (non-hydrogen) atoms. The number of benzene rings is 2. The number of nitrogens with zero attached hydrogens (tertiary/aromatic N) is 1. The third-order valence-corrected chi connectivity index (χ3v) is 6.04. The van der Waals surface area contributed by atoms with Crippen LogP contribution in [0.15, 0.2) is 53.1 Å². The van der Waals surface area contributed by atoms with E-state index in [1.807, 2.05) is 0 Å². The van der Waals surface area contributed by atoms with Crippen molar-refractivity contribution in [3.05, 3.63) is 64.2 Å². The van der Waals surface area contributed by atoms with E-state index in [4.69, 9.17) is 9.47 Å². The lowest BCUT2D eigenvalue weighted by atomic mass is 9.87. The van der Waals surface area contributed by atoms with Crippen LogP contribution in [0.1, 0.15) is 23.5 Å². The minimum absolute atomic E-state index is 0.00753. The Labute approximate surface area is 197 Å². The van der Waals surface area contributed by atoms with Gasteiger partial charge in [-0.15, -0.1) is 0 Å². The Kier molecular flexibility index (Phi) is 7.73. The number of rotatable bonds is 7. The summed E-state index contributed by atoms with van der Waals surface area (Å²) in [5.41, 5.74) is -0.457. The molecule has 0 aromatic heterocycles. The number of hydrogen-bond acceptors (Lipinski definition) is 6. The molecule has 7 nitrogen and oxygen atoms in total. The molecule has 0 saturated heterocycles. The lowest BCUT2D eigenvalue weighted by Gasteiger charge is -2.25. The molecular formula is C23H20F3N3O4S. The summed E-state index contributed by atoms with van der Waals surface area (Å²) in [7, 11) is 2.95. The summed E-state index contributed by atoms with van der Waals surface area (Å²) in [5, 5.41) is 14.8. The summed E-state index contributed by atoms with van der Waals surface area (Å²) in [5.74, 6) is -1.06. The zero-order chi connectivity index (χ0) is 24.9. The van der Waals surface area contributed by atoms with Crippen LogP contribution in [-0.4, -0.2) is 31.8 Å². The smallest absolute Gasteiger partial charge is 0.418 e. The quantitative estimate of drug-likeness (QED) is 0.594. The van der Waals surface area contributed by atoms with E-state index in [2.05, 4.69) is 16.7 Å². The molecule has 1 aliphatic heterocycles. The number of methoxy groups -OCH3 is 2. The van der Waals surface area contributed by atoms with E-state index in [1.165, 1.54) is 26.4 Å². The van der Waals surface area contributed by atoms with Gasteiger partial charge in [-0.25, -0.2) is 0 Å². The van der Waals surface area contributed by atoms with Crippen LogP contribution in [0.3, 0.4) is 0 Å². The van der Waals surface area contributed by atoms with Crippen LogP contribution in [0, 0.1) is 11.3 Å². The molecule has 0 fully saturated rings. The second-order valence-corrected chi connectivity index (χ2v) is 8.14. The standard InChI is InChI=1S/C23H20F3N3O4S/c1-32-18-8-7-13(9-19(18)33-2)14-10-20(30)29-22(15(14)11-27)34-12-21(31)28-17-6-4-3-5-16(17)23(24,25)26/h3-9,14H,10,12H2,1-2H3,(H,28,31)(H,29,30)/t14-/m1/s1. The Morgan fingerprint density at radius 1 is 1.21 bits per heavy atom. The van der Waals surface area contributed by atoms with Crippen molar-refractivity contribution in [2.45, 2.75) is 18.5 Å². The minimum atomic E-state index is -4.63. The van der Waals surface area contributed by atoms with Crippen LogP contribution in [0.4, 0.5) is 18.9 Å². The van der Waals surface area contributed by atoms with Gasteiger partial charge in [0.25, 0.3) is 0 Å². The van der Waals surface area contributed by atoms with E-state index in [-0.39, 0.29) is 34.4 Å². The number of anilines is 1. The fourth-order valence-corrected chi connectivity index (χ4v) is 4.33. The van der Waals surface area contributed by atoms with Gasteiger partial charge in [-0.2, -0.15) is 18.4 Å². The summed E-state index contributed by atoms with van der Waals surface area (Å²) >= 11 is 0.866. The van der Waals surface area contributed by atoms with E-state index in [0.717, 1.165) is 23.9 Å². The van der Waals surface area contributed by atoms with Crippen LogP contribution < -0.4 is 20.1 Å². The van der Waals surface area contributed by atoms with E-state index < -0.39 is 23.6 Å². The van der Waals surface area contributed by atoms with Gasteiger partial charge in [0, 0.05) is 12.3 Å². The molecule has 1 atom stereocenters. The average Bonchev–Trinajstić information content (AvgIpc) is 2.81. The maximum atomic E-state index is 13.2. The van der Waals surface area contributed by atoms with Gasteiger partial charge >= 0.3 is 6.18 Å². The van der Waals surface area contributed by atoms with Crippen LogP contribution >= 0.6 is 11.8 Å². The first-order valence-electron chi connectivity index (χ1n) is 9.92. The number of carbonyl (C=O) groups is 2. The topological polar surface area (TPSA) is 100 Å². The molecule has 1 aliphatic rings. The van der Waals surface area contributed by atoms with Crippen LogP contribution in [-0.2, 0) is 15.8 Å². The summed E-state index contributed by atoms with van der Waals surface area (Å²) in [6.07, 6.45) is -4.62. The van der Waals surface area contributed by atoms with Crippen molar-refractivity contribution < 1.29 is 32.2 Å². The van der Waals surface area contributed by atoms with Gasteiger partial charge in [-0.05, 0) is 29.8 Å². The lowest BCUT2D eigenvalue weighted by Crippen LogP contribution is -2.31. The van der Waals surface area contributed by atoms with Crippen LogP contribution in [0.5, 0.6) is 11.5 Å². The Morgan fingerprint density at radius 2 is 1.91 bits per heavy atom. The third kappa shape index (κ3) is 5.63. The molecule has 0 unspecified atom stereocenters. The molecule has 0 spiro atoms. The van der Waals surface area contributed by atoms with Gasteiger partial charge < -0.3 is 20.1 Å². The summed E-state index contributed by atoms with van der Waals surface area (Å²) in [6.45, 7) is 0. The zero-order valence-electron chi connectivity index (χ0n) is 18.2. The third-order valence-electron chi connectivity index (χ3n) is 5.02. The lowest BCUT2D eigenvalue weighted by molar-refractivity contribution is -0.137. The number of nitriles is 1. The molecule has 2 aromatic carbocycles. The summed E-state index contributed by atoms with van der Waals surface area (Å²) in [6, 6.07) is 11.8. The van der Waals surface area contributed by atoms with E-state index in [1.54, 1.807) is 18.2 Å². The SMILES string of the molecule is COc1ccc([C@H]2CC(=O)NC(SCC(=O)Nc3ccccc3C(F)(F)F)=C2C#N)cc1OC. The number of allylic oxidation sites excluding steroid dienone is 1. The van der Waals surface area contributed by atoms with Crippen molar-refractivity contribution in [3.63, 3.8) is 0 Å². The van der Waals surface area contributed by atoms with Crippen LogP contribution in [0.25, 0.3) is 0 Å². The molecule has 178 valence electrons. The number of thioether (sulfide) groups is 1. The van der Waals surface area contributed by atoms with E-state index >= 15 is 0 Å². The number of alkyl halides is 3. The molecule has 0 aliphatic carbocycles. The Morgan fingerprint density at radius 3 is 2.56 bits per heavy atom. The predicted octanol–water partition coefficient (Wildman–Crippen LogP) is 4.43. The van der Waals surface area contributed by atoms with Crippen molar-refractivity contribution in [2.24, 2.45) is 0 Å². The van der Waals surface area contributed by atoms with Gasteiger partial charge in [-0.1, -0.05) is 30.0 Å². The fourth-order valence-electron chi connectivity index (χ4n) is 3.45. The fraction of sp³-hybridized carbons (Fsp3) is 0.261. The van der Waals surface area contributed by atoms with Gasteiger partial charge in [0.2, 0.25) is 11.8 Å². The first kappa shape index (κ1) is 25.0. The summed E-state index contributed by atoms with van der Waals surface area (Å²) < 4.78 is 50.0. The number of amides is 2. The first-order chi connectivity index (χ1) is 16.2. The van der Waals surface area contributed by atoms with Gasteiger partial charge in [0.1, 0.15) is 0 Å². The maximum Gasteiger partial charge on any atom is 0.418 e. The van der Waals surface area contributed by atoms with Crippen molar-refractivity contribution in [3.8, 4) is 17.6 Å². The normalized spacial score (nSPS) is 15.9. The Hall–Kier alpha value is -3.65. The van der Waals surface area contributed by atoms with Crippen molar-refractivity contribution in [1.82, 2.24) is 5.32 Å². The van der Waals surface area contributed by atoms with Gasteiger partial charge in [-0.3, -0.25) is 9.59 Å². The van der Waals surface area contributed by atoms with Crippen molar-refractivity contribution >= 4 is 29.3 Å². The highest BCUT2D eigenvalue weighted by atomic mass is 32.2. The predicted molar refractivity (Wildman–Crippen MR) is 120 cm³/mol. The number of para-hydroxylation sites is 1. The molecule has 2 N–H and O–H groups in total. The Bertz CT molecular complexity index is 1170. The highest BCUT2D eigenvalue weighted by Gasteiger charge is 2.34. The Balaban J connectivity index is 1.81. The number of halogens is 3. The van der Waals surface area contributed by atoms with Gasteiger partial charge in [0.05, 0.1) is 47.9 Å². The average molecular weight is 491 g/mol. The molecule has 2 amide bonds. The zero-order valence-corrected chi connectivity index (χ0v) is 19.0. The van der Waals surface area contributed by atoms with E-state index in [9.17, 15) is 28.0 Å². The second-order valence-electron chi connectivity index (χ2n) is 7.15. The van der Waals surface area contributed by atoms with Crippen LogP contribution in [0.2, 0.25) is 0 Å². The molecule has 1 heterocycles. The highest BCUT2D eigenvalue weighted by Crippen LogP contribution is 2.39. The number of hydrogen-bond donors (Lipinski definition) is 2. The summed E-state index contributed by atoms with van der Waals surface area (Å²) in [4.78, 5) is 24.7. The van der Waals surface area contributed by atoms with Crippen molar-refractivity contribution in [2.75, 3.05) is 25.3 Å². The molecular weight excluding hydrogens is 471 g/mol. The first-order valence-corrected chi connectivity index (χ1v) is 10.9. The minimum Gasteiger partial charge on any atom is -0.493 e. The van der Waals surface area contributed by atoms with E-state index in [0.29, 0.717) is 17.1 Å². The molecule has 2 aromatic rings. The molecule has 11 heteroatoms. The number of nitrogens with one attached hydrogen (secondary N) is 2. The van der Waals surface area contributed by atoms with Gasteiger partial charge in [0.15, 0.2) is 11.5 Å². The molecule has 0 bridgehead atoms. The second kappa shape index (κ2) is 10.5. The monoisotopic (exact) mass is 491 g/mol.